The van der Waals surface area contributed by atoms with Crippen LogP contribution in [0.4, 0.5) is 0 Å². The molecule has 20 heavy (non-hydrogen) atoms. The standard InChI is InChI=1S/C15H17N3O.ClH/c1-2-3-9-15(19)17-13-10-11-18(16-12-13)14-7-5-4-6-8-14;/h4-8,10-12H,2-3,9H2,1H3;1H. The zero-order chi connectivity index (χ0) is 13.5. The van der Waals surface area contributed by atoms with Gasteiger partial charge in [-0.05, 0) is 24.6 Å². The van der Waals surface area contributed by atoms with Gasteiger partial charge in [-0.3, -0.25) is 4.79 Å². The average molecular weight is 292 g/mol. The number of hydrogen-bond acceptors (Lipinski definition) is 2. The van der Waals surface area contributed by atoms with Crippen molar-refractivity contribution in [1.29, 1.82) is 0 Å². The van der Waals surface area contributed by atoms with Crippen molar-refractivity contribution < 1.29 is 4.79 Å². The molecule has 1 heterocycles. The van der Waals surface area contributed by atoms with Gasteiger partial charge in [-0.1, -0.05) is 31.5 Å². The zero-order valence-electron chi connectivity index (χ0n) is 11.4. The average Bonchev–Trinajstić information content (AvgIpc) is 2.47. The topological polar surface area (TPSA) is 47.2 Å². The third kappa shape index (κ3) is 4.63. The number of aromatic nitrogens is 2. The van der Waals surface area contributed by atoms with Crippen molar-refractivity contribution in [2.45, 2.75) is 26.2 Å². The van der Waals surface area contributed by atoms with E-state index >= 15 is 0 Å². The maximum Gasteiger partial charge on any atom is 0.246 e. The monoisotopic (exact) mass is 291 g/mol. The Morgan fingerprint density at radius 3 is 2.60 bits per heavy atom. The molecule has 0 spiro atoms. The van der Waals surface area contributed by atoms with E-state index in [1.165, 1.54) is 0 Å². The number of benzene rings is 1. The van der Waals surface area contributed by atoms with Gasteiger partial charge in [0.25, 0.3) is 0 Å². The number of rotatable bonds is 4. The van der Waals surface area contributed by atoms with Gasteiger partial charge in [-0.15, -0.1) is 12.4 Å². The fourth-order valence-electron chi connectivity index (χ4n) is 1.68. The number of carbonyl (C=O) groups is 1. The van der Waals surface area contributed by atoms with E-state index in [9.17, 15) is 4.79 Å². The van der Waals surface area contributed by atoms with E-state index in [0.717, 1.165) is 18.5 Å². The number of hydrogen-bond donors (Lipinski definition) is 0. The molecule has 0 saturated heterocycles. The van der Waals surface area contributed by atoms with Gasteiger partial charge < -0.3 is 0 Å². The van der Waals surface area contributed by atoms with Crippen LogP contribution < -0.4 is 5.36 Å². The van der Waals surface area contributed by atoms with Crippen molar-refractivity contribution >= 4 is 18.3 Å². The fourth-order valence-corrected chi connectivity index (χ4v) is 1.68. The van der Waals surface area contributed by atoms with E-state index < -0.39 is 0 Å². The Labute approximate surface area is 124 Å². The molecule has 0 radical (unpaired) electrons. The third-order valence-electron chi connectivity index (χ3n) is 2.72. The minimum absolute atomic E-state index is 0. The van der Waals surface area contributed by atoms with E-state index in [-0.39, 0.29) is 18.3 Å². The molecule has 0 N–H and O–H groups in total. The Bertz CT molecular complexity index is 588. The van der Waals surface area contributed by atoms with Crippen LogP contribution in [0.2, 0.25) is 0 Å². The van der Waals surface area contributed by atoms with E-state index in [2.05, 4.69) is 17.0 Å². The molecule has 1 aromatic carbocycles. The maximum atomic E-state index is 11.5. The molecule has 0 aliphatic rings. The molecule has 0 unspecified atom stereocenters. The van der Waals surface area contributed by atoms with Gasteiger partial charge in [-0.25, -0.2) is 9.67 Å². The predicted octanol–water partition coefficient (Wildman–Crippen LogP) is 2.91. The summed E-state index contributed by atoms with van der Waals surface area (Å²) in [7, 11) is 0. The van der Waals surface area contributed by atoms with Crippen molar-refractivity contribution in [1.82, 2.24) is 9.78 Å². The molecule has 0 saturated carbocycles. The third-order valence-corrected chi connectivity index (χ3v) is 2.72. The van der Waals surface area contributed by atoms with Crippen LogP contribution in [0.5, 0.6) is 0 Å². The Kier molecular flexibility index (Phi) is 6.67. The molecule has 1 amide bonds. The summed E-state index contributed by atoms with van der Waals surface area (Å²) in [5, 5.41) is 4.86. The van der Waals surface area contributed by atoms with Gasteiger partial charge in [0, 0.05) is 12.6 Å². The summed E-state index contributed by atoms with van der Waals surface area (Å²) >= 11 is 0. The number of nitrogens with zero attached hydrogens (tertiary/aromatic N) is 3. The van der Waals surface area contributed by atoms with E-state index in [1.807, 2.05) is 30.3 Å². The highest BCUT2D eigenvalue weighted by Gasteiger charge is 1.97. The minimum atomic E-state index is -0.0823. The van der Waals surface area contributed by atoms with Crippen LogP contribution in [-0.4, -0.2) is 15.7 Å². The highest BCUT2D eigenvalue weighted by atomic mass is 35.5. The molecular weight excluding hydrogens is 274 g/mol. The second-order valence-corrected chi connectivity index (χ2v) is 4.27. The zero-order valence-corrected chi connectivity index (χ0v) is 12.2. The van der Waals surface area contributed by atoms with Gasteiger partial charge in [-0.2, -0.15) is 5.10 Å². The molecule has 0 bridgehead atoms. The summed E-state index contributed by atoms with van der Waals surface area (Å²) in [6.07, 6.45) is 5.80. The first kappa shape index (κ1) is 16.1. The van der Waals surface area contributed by atoms with Crippen LogP contribution in [0.1, 0.15) is 26.2 Å². The van der Waals surface area contributed by atoms with E-state index in [1.54, 1.807) is 23.1 Å². The van der Waals surface area contributed by atoms with Crippen molar-refractivity contribution in [2.75, 3.05) is 0 Å². The Hall–Kier alpha value is -1.94. The van der Waals surface area contributed by atoms with Gasteiger partial charge in [0.15, 0.2) is 0 Å². The summed E-state index contributed by atoms with van der Waals surface area (Å²) in [5.74, 6) is -0.0823. The lowest BCUT2D eigenvalue weighted by molar-refractivity contribution is -0.118. The first-order valence-corrected chi connectivity index (χ1v) is 6.47. The predicted molar refractivity (Wildman–Crippen MR) is 80.9 cm³/mol. The molecule has 1 aromatic heterocycles. The summed E-state index contributed by atoms with van der Waals surface area (Å²) in [4.78, 5) is 15.5. The summed E-state index contributed by atoms with van der Waals surface area (Å²) in [6, 6.07) is 11.6. The number of para-hydroxylation sites is 1. The largest absolute Gasteiger partial charge is 0.273 e. The maximum absolute atomic E-state index is 11.5. The van der Waals surface area contributed by atoms with Crippen LogP contribution in [-0.2, 0) is 4.79 Å². The lowest BCUT2D eigenvalue weighted by Crippen LogP contribution is -2.11. The van der Waals surface area contributed by atoms with Crippen LogP contribution in [0.15, 0.2) is 53.8 Å². The molecule has 4 nitrogen and oxygen atoms in total. The SMILES string of the molecule is CCCCC(=O)N=c1ccn(-c2ccccc2)nc1.Cl. The molecule has 0 atom stereocenters. The lowest BCUT2D eigenvalue weighted by atomic mass is 10.2. The fraction of sp³-hybridized carbons (Fsp3) is 0.267. The molecule has 2 aromatic rings. The number of unbranched alkanes of at least 4 members (excludes halogenated alkanes) is 1. The molecule has 0 fully saturated rings. The summed E-state index contributed by atoms with van der Waals surface area (Å²) in [5.41, 5.74) is 0.978. The number of halogens is 1. The van der Waals surface area contributed by atoms with Gasteiger partial charge in [0.1, 0.15) is 0 Å². The molecule has 5 heteroatoms. The first-order valence-electron chi connectivity index (χ1n) is 6.47. The molecular formula is C15H18ClN3O. The van der Waals surface area contributed by atoms with Crippen LogP contribution in [0.25, 0.3) is 5.69 Å². The second-order valence-electron chi connectivity index (χ2n) is 4.27. The highest BCUT2D eigenvalue weighted by molar-refractivity contribution is 5.85. The molecule has 0 aliphatic carbocycles. The summed E-state index contributed by atoms with van der Waals surface area (Å²) < 4.78 is 1.75. The van der Waals surface area contributed by atoms with Crippen LogP contribution in [0.3, 0.4) is 0 Å². The van der Waals surface area contributed by atoms with Crippen molar-refractivity contribution in [3.05, 3.63) is 54.1 Å². The van der Waals surface area contributed by atoms with Crippen molar-refractivity contribution in [3.63, 3.8) is 0 Å². The number of amides is 1. The van der Waals surface area contributed by atoms with Gasteiger partial charge >= 0.3 is 0 Å². The van der Waals surface area contributed by atoms with E-state index in [4.69, 9.17) is 0 Å². The smallest absolute Gasteiger partial charge is 0.246 e. The van der Waals surface area contributed by atoms with Gasteiger partial charge in [0.05, 0.1) is 17.2 Å². The molecule has 0 aliphatic heterocycles. The van der Waals surface area contributed by atoms with Crippen LogP contribution in [0, 0.1) is 0 Å². The highest BCUT2D eigenvalue weighted by Crippen LogP contribution is 2.02. The quantitative estimate of drug-likeness (QED) is 0.869. The second kappa shape index (κ2) is 8.27. The Balaban J connectivity index is 0.00000200. The summed E-state index contributed by atoms with van der Waals surface area (Å²) in [6.45, 7) is 2.06. The van der Waals surface area contributed by atoms with Crippen molar-refractivity contribution in [2.24, 2.45) is 4.99 Å². The Morgan fingerprint density at radius 1 is 1.25 bits per heavy atom. The lowest BCUT2D eigenvalue weighted by Gasteiger charge is -2.03. The number of carbonyl (C=O) groups excluding carboxylic acids is 1. The molecule has 2 rings (SSSR count). The first-order chi connectivity index (χ1) is 9.29. The minimum Gasteiger partial charge on any atom is -0.273 e. The van der Waals surface area contributed by atoms with E-state index in [0.29, 0.717) is 11.8 Å². The van der Waals surface area contributed by atoms with Crippen LogP contribution >= 0.6 is 12.4 Å². The van der Waals surface area contributed by atoms with Crippen molar-refractivity contribution in [3.8, 4) is 5.69 Å². The normalized spacial score (nSPS) is 10.9. The Morgan fingerprint density at radius 2 is 2.00 bits per heavy atom. The molecule has 106 valence electrons. The van der Waals surface area contributed by atoms with Gasteiger partial charge in [0.2, 0.25) is 5.91 Å².